The average Bonchev–Trinajstić information content (AvgIpc) is 2.41. The van der Waals surface area contributed by atoms with Crippen LogP contribution in [0.3, 0.4) is 0 Å². The molecule has 0 aromatic heterocycles. The Morgan fingerprint density at radius 2 is 1.90 bits per heavy atom. The Morgan fingerprint density at radius 1 is 1.19 bits per heavy atom. The molecule has 2 aromatic rings. The lowest BCUT2D eigenvalue weighted by Crippen LogP contribution is -2.14. The third-order valence-electron chi connectivity index (χ3n) is 2.78. The molecule has 21 heavy (non-hydrogen) atoms. The van der Waals surface area contributed by atoms with Crippen LogP contribution >= 0.6 is 0 Å². The van der Waals surface area contributed by atoms with Crippen LogP contribution in [0.5, 0.6) is 0 Å². The molecule has 0 spiro atoms. The van der Waals surface area contributed by atoms with Crippen LogP contribution in [0.4, 0.5) is 15.8 Å². The molecule has 0 heterocycles. The number of amides is 1. The van der Waals surface area contributed by atoms with Crippen molar-refractivity contribution in [2.24, 2.45) is 0 Å². The maximum Gasteiger partial charge on any atom is 0.257 e. The van der Waals surface area contributed by atoms with Crippen molar-refractivity contribution in [2.75, 3.05) is 17.3 Å². The van der Waals surface area contributed by atoms with Gasteiger partial charge in [-0.05, 0) is 36.4 Å². The van der Waals surface area contributed by atoms with Gasteiger partial charge in [0.15, 0.2) is 9.84 Å². The summed E-state index contributed by atoms with van der Waals surface area (Å²) in [6, 6.07) is 9.23. The maximum atomic E-state index is 13.2. The third-order valence-corrected chi connectivity index (χ3v) is 3.89. The van der Waals surface area contributed by atoms with Gasteiger partial charge in [0.1, 0.15) is 5.82 Å². The number of halogens is 1. The van der Waals surface area contributed by atoms with Crippen LogP contribution in [0.25, 0.3) is 0 Å². The second-order valence-electron chi connectivity index (χ2n) is 4.49. The van der Waals surface area contributed by atoms with E-state index in [0.717, 1.165) is 18.4 Å². The third kappa shape index (κ3) is 3.57. The van der Waals surface area contributed by atoms with Gasteiger partial charge < -0.3 is 11.1 Å². The van der Waals surface area contributed by atoms with E-state index in [9.17, 15) is 17.6 Å². The van der Waals surface area contributed by atoms with Crippen LogP contribution in [-0.2, 0) is 9.84 Å². The van der Waals surface area contributed by atoms with Gasteiger partial charge in [-0.2, -0.15) is 0 Å². The number of sulfone groups is 1. The molecule has 0 radical (unpaired) electrons. The van der Waals surface area contributed by atoms with Gasteiger partial charge in [0.05, 0.1) is 10.5 Å². The lowest BCUT2D eigenvalue weighted by molar-refractivity contribution is 0.102. The molecule has 0 fully saturated rings. The molecule has 3 N–H and O–H groups in total. The number of nitrogen functional groups attached to an aromatic ring is 1. The van der Waals surface area contributed by atoms with Crippen molar-refractivity contribution in [1.29, 1.82) is 0 Å². The number of nitrogens with one attached hydrogen (secondary N) is 1. The minimum Gasteiger partial charge on any atom is -0.398 e. The predicted molar refractivity (Wildman–Crippen MR) is 78.3 cm³/mol. The van der Waals surface area contributed by atoms with Crippen LogP contribution in [-0.4, -0.2) is 20.6 Å². The first kappa shape index (κ1) is 15.0. The number of anilines is 2. The van der Waals surface area contributed by atoms with Crippen LogP contribution in [0.2, 0.25) is 0 Å². The summed E-state index contributed by atoms with van der Waals surface area (Å²) < 4.78 is 36.1. The van der Waals surface area contributed by atoms with Crippen LogP contribution < -0.4 is 11.1 Å². The minimum absolute atomic E-state index is 0.0141. The SMILES string of the molecule is CS(=O)(=O)c1cccc(NC(=O)c2cc(F)ccc2N)c1. The summed E-state index contributed by atoms with van der Waals surface area (Å²) in [7, 11) is -3.38. The Hall–Kier alpha value is -2.41. The number of carbonyl (C=O) groups is 1. The smallest absolute Gasteiger partial charge is 0.257 e. The highest BCUT2D eigenvalue weighted by atomic mass is 32.2. The minimum atomic E-state index is -3.38. The molecule has 2 rings (SSSR count). The molecule has 0 atom stereocenters. The van der Waals surface area contributed by atoms with Gasteiger partial charge in [0.2, 0.25) is 0 Å². The van der Waals surface area contributed by atoms with Crippen LogP contribution in [0.15, 0.2) is 47.4 Å². The molecule has 1 amide bonds. The molecule has 5 nitrogen and oxygen atoms in total. The van der Waals surface area contributed by atoms with Gasteiger partial charge in [-0.3, -0.25) is 4.79 Å². The number of benzene rings is 2. The van der Waals surface area contributed by atoms with Crippen LogP contribution in [0, 0.1) is 5.82 Å². The molecule has 0 aliphatic carbocycles. The number of hydrogen-bond donors (Lipinski definition) is 2. The standard InChI is InChI=1S/C14H13FN2O3S/c1-21(19,20)11-4-2-3-10(8-11)17-14(18)12-7-9(15)5-6-13(12)16/h2-8H,16H2,1H3,(H,17,18). The normalized spacial score (nSPS) is 11.1. The van der Waals surface area contributed by atoms with Crippen molar-refractivity contribution in [3.05, 3.63) is 53.8 Å². The maximum absolute atomic E-state index is 13.2. The molecule has 0 aliphatic heterocycles. The van der Waals surface area contributed by atoms with Crippen molar-refractivity contribution in [3.8, 4) is 0 Å². The van der Waals surface area contributed by atoms with E-state index < -0.39 is 21.6 Å². The summed E-state index contributed by atoms with van der Waals surface area (Å²) >= 11 is 0. The van der Waals surface area contributed by atoms with Gasteiger partial charge in [-0.25, -0.2) is 12.8 Å². The fourth-order valence-electron chi connectivity index (χ4n) is 1.73. The zero-order valence-corrected chi connectivity index (χ0v) is 11.9. The Kier molecular flexibility index (Phi) is 3.95. The summed E-state index contributed by atoms with van der Waals surface area (Å²) in [6.45, 7) is 0. The molecule has 0 unspecified atom stereocenters. The van der Waals surface area contributed by atoms with E-state index in [4.69, 9.17) is 5.73 Å². The first-order valence-electron chi connectivity index (χ1n) is 5.94. The molecule has 110 valence electrons. The fourth-order valence-corrected chi connectivity index (χ4v) is 2.39. The number of nitrogens with two attached hydrogens (primary N) is 1. The average molecular weight is 308 g/mol. The Balaban J connectivity index is 2.30. The molecule has 7 heteroatoms. The van der Waals surface area contributed by atoms with Gasteiger partial charge in [0.25, 0.3) is 5.91 Å². The molecular formula is C14H13FN2O3S. The highest BCUT2D eigenvalue weighted by Gasteiger charge is 2.13. The first-order chi connectivity index (χ1) is 9.77. The lowest BCUT2D eigenvalue weighted by Gasteiger charge is -2.08. The topological polar surface area (TPSA) is 89.3 Å². The van der Waals surface area contributed by atoms with Gasteiger partial charge >= 0.3 is 0 Å². The second kappa shape index (κ2) is 5.53. The van der Waals surface area contributed by atoms with Crippen molar-refractivity contribution < 1.29 is 17.6 Å². The lowest BCUT2D eigenvalue weighted by atomic mass is 10.1. The highest BCUT2D eigenvalue weighted by molar-refractivity contribution is 7.90. The Bertz CT molecular complexity index is 804. The summed E-state index contributed by atoms with van der Waals surface area (Å²) in [6.07, 6.45) is 1.07. The van der Waals surface area contributed by atoms with Crippen molar-refractivity contribution in [2.45, 2.75) is 4.90 Å². The van der Waals surface area contributed by atoms with Crippen molar-refractivity contribution >= 4 is 27.1 Å². The van der Waals surface area contributed by atoms with Gasteiger partial charge in [0, 0.05) is 17.6 Å². The van der Waals surface area contributed by atoms with Crippen molar-refractivity contribution in [1.82, 2.24) is 0 Å². The van der Waals surface area contributed by atoms with Crippen molar-refractivity contribution in [3.63, 3.8) is 0 Å². The van der Waals surface area contributed by atoms with E-state index in [2.05, 4.69) is 5.32 Å². The molecule has 0 bridgehead atoms. The Morgan fingerprint density at radius 3 is 2.57 bits per heavy atom. The monoisotopic (exact) mass is 308 g/mol. The number of carbonyl (C=O) groups excluding carboxylic acids is 1. The largest absolute Gasteiger partial charge is 0.398 e. The summed E-state index contributed by atoms with van der Waals surface area (Å²) in [5.74, 6) is -1.20. The summed E-state index contributed by atoms with van der Waals surface area (Å²) in [5.41, 5.74) is 6.02. The highest BCUT2D eigenvalue weighted by Crippen LogP contribution is 2.18. The molecule has 0 saturated carbocycles. The van der Waals surface area contributed by atoms with E-state index in [1.165, 1.54) is 30.3 Å². The summed E-state index contributed by atoms with van der Waals surface area (Å²) in [4.78, 5) is 12.1. The fraction of sp³-hybridized carbons (Fsp3) is 0.0714. The van der Waals surface area contributed by atoms with E-state index in [1.54, 1.807) is 0 Å². The first-order valence-corrected chi connectivity index (χ1v) is 7.83. The predicted octanol–water partition coefficient (Wildman–Crippen LogP) is 2.06. The van der Waals surface area contributed by atoms with E-state index >= 15 is 0 Å². The quantitative estimate of drug-likeness (QED) is 0.849. The number of rotatable bonds is 3. The van der Waals surface area contributed by atoms with Gasteiger partial charge in [-0.1, -0.05) is 6.07 Å². The van der Waals surface area contributed by atoms with E-state index in [0.29, 0.717) is 0 Å². The summed E-state index contributed by atoms with van der Waals surface area (Å²) in [5, 5.41) is 2.49. The molecule has 0 saturated heterocycles. The molecule has 0 aliphatic rings. The van der Waals surface area contributed by atoms with Crippen LogP contribution in [0.1, 0.15) is 10.4 Å². The number of hydrogen-bond acceptors (Lipinski definition) is 4. The zero-order valence-electron chi connectivity index (χ0n) is 11.1. The van der Waals surface area contributed by atoms with Gasteiger partial charge in [-0.15, -0.1) is 0 Å². The second-order valence-corrected chi connectivity index (χ2v) is 6.50. The van der Waals surface area contributed by atoms with E-state index in [-0.39, 0.29) is 21.8 Å². The molecular weight excluding hydrogens is 295 g/mol. The molecule has 2 aromatic carbocycles. The Labute approximate surface area is 121 Å². The van der Waals surface area contributed by atoms with E-state index in [1.807, 2.05) is 0 Å². The zero-order chi connectivity index (χ0) is 15.6.